The smallest absolute Gasteiger partial charge is 0.185 e. The van der Waals surface area contributed by atoms with Crippen molar-refractivity contribution < 1.29 is 0 Å². The zero-order valence-electron chi connectivity index (χ0n) is 6.03. The van der Waals surface area contributed by atoms with E-state index in [2.05, 4.69) is 15.3 Å². The highest BCUT2D eigenvalue weighted by Crippen LogP contribution is 2.22. The lowest BCUT2D eigenvalue weighted by Gasteiger charge is -1.84. The number of fused-ring (bicyclic) bond motifs is 1. The van der Waals surface area contributed by atoms with Gasteiger partial charge in [0.1, 0.15) is 0 Å². The van der Waals surface area contributed by atoms with Crippen molar-refractivity contribution in [1.29, 1.82) is 0 Å². The van der Waals surface area contributed by atoms with E-state index in [0.29, 0.717) is 0 Å². The fourth-order valence-electron chi connectivity index (χ4n) is 0.876. The summed E-state index contributed by atoms with van der Waals surface area (Å²) < 4.78 is 1.12. The highest BCUT2D eigenvalue weighted by atomic mass is 32.1. The number of anilines is 1. The zero-order valence-corrected chi connectivity index (χ0v) is 6.85. The number of aromatic nitrogens is 2. The fourth-order valence-corrected chi connectivity index (χ4v) is 1.65. The highest BCUT2D eigenvalue weighted by molar-refractivity contribution is 7.22. The quantitative estimate of drug-likeness (QED) is 0.699. The standard InChI is InChI=1S/C7H7N3S/c1-8-7-10-6-5(11-7)3-2-4-9-6/h2-4H,1H3,(H,8,9,10). The molecule has 0 aromatic carbocycles. The first kappa shape index (κ1) is 6.54. The summed E-state index contributed by atoms with van der Waals surface area (Å²) in [7, 11) is 1.86. The van der Waals surface area contributed by atoms with Crippen molar-refractivity contribution in [2.75, 3.05) is 12.4 Å². The number of nitrogens with one attached hydrogen (secondary N) is 1. The number of thiazole rings is 1. The topological polar surface area (TPSA) is 37.8 Å². The van der Waals surface area contributed by atoms with Gasteiger partial charge in [0.05, 0.1) is 4.70 Å². The Morgan fingerprint density at radius 2 is 2.45 bits per heavy atom. The van der Waals surface area contributed by atoms with Crippen LogP contribution in [0.2, 0.25) is 0 Å². The lowest BCUT2D eigenvalue weighted by atomic mass is 10.5. The summed E-state index contributed by atoms with van der Waals surface area (Å²) in [5.74, 6) is 0. The van der Waals surface area contributed by atoms with Crippen LogP contribution in [0, 0.1) is 0 Å². The molecule has 2 aromatic heterocycles. The summed E-state index contributed by atoms with van der Waals surface area (Å²) >= 11 is 1.61. The molecule has 0 atom stereocenters. The molecule has 0 saturated carbocycles. The van der Waals surface area contributed by atoms with Gasteiger partial charge in [-0.15, -0.1) is 0 Å². The normalized spacial score (nSPS) is 10.3. The Labute approximate surface area is 68.1 Å². The minimum Gasteiger partial charge on any atom is -0.365 e. The van der Waals surface area contributed by atoms with Crippen molar-refractivity contribution in [1.82, 2.24) is 9.97 Å². The summed E-state index contributed by atoms with van der Waals surface area (Å²) in [4.78, 5) is 8.34. The van der Waals surface area contributed by atoms with Crippen molar-refractivity contribution in [2.45, 2.75) is 0 Å². The molecule has 4 heteroatoms. The van der Waals surface area contributed by atoms with Crippen molar-refractivity contribution in [3.63, 3.8) is 0 Å². The highest BCUT2D eigenvalue weighted by Gasteiger charge is 1.99. The molecule has 11 heavy (non-hydrogen) atoms. The molecule has 0 saturated heterocycles. The molecule has 3 nitrogen and oxygen atoms in total. The molecule has 2 aromatic rings. The van der Waals surface area contributed by atoms with Crippen LogP contribution in [0.25, 0.3) is 10.3 Å². The number of hydrogen-bond acceptors (Lipinski definition) is 4. The van der Waals surface area contributed by atoms with Gasteiger partial charge in [0.15, 0.2) is 10.8 Å². The SMILES string of the molecule is CNc1nc2ncccc2s1. The summed E-state index contributed by atoms with van der Waals surface area (Å²) in [6.45, 7) is 0. The van der Waals surface area contributed by atoms with Gasteiger partial charge in [-0.2, -0.15) is 0 Å². The maximum Gasteiger partial charge on any atom is 0.185 e. The first-order valence-corrected chi connectivity index (χ1v) is 4.11. The molecule has 0 aliphatic rings. The zero-order chi connectivity index (χ0) is 7.68. The van der Waals surface area contributed by atoms with E-state index < -0.39 is 0 Å². The Morgan fingerprint density at radius 1 is 1.55 bits per heavy atom. The van der Waals surface area contributed by atoms with Crippen LogP contribution in [-0.2, 0) is 0 Å². The van der Waals surface area contributed by atoms with Gasteiger partial charge >= 0.3 is 0 Å². The van der Waals surface area contributed by atoms with E-state index in [-0.39, 0.29) is 0 Å². The molecule has 2 rings (SSSR count). The third kappa shape index (κ3) is 1.05. The van der Waals surface area contributed by atoms with Crippen LogP contribution in [0.4, 0.5) is 5.13 Å². The second-order valence-corrected chi connectivity index (χ2v) is 3.12. The Kier molecular flexibility index (Phi) is 1.47. The fraction of sp³-hybridized carbons (Fsp3) is 0.143. The van der Waals surface area contributed by atoms with Crippen LogP contribution >= 0.6 is 11.3 Å². The van der Waals surface area contributed by atoms with E-state index in [0.717, 1.165) is 15.5 Å². The van der Waals surface area contributed by atoms with Crippen LogP contribution in [0.5, 0.6) is 0 Å². The molecule has 0 radical (unpaired) electrons. The maximum atomic E-state index is 4.23. The molecule has 0 fully saturated rings. The average molecular weight is 165 g/mol. The molecule has 1 N–H and O–H groups in total. The summed E-state index contributed by atoms with van der Waals surface area (Å²) in [5, 5.41) is 3.90. The molecule has 56 valence electrons. The molecular formula is C7H7N3S. The first-order valence-electron chi connectivity index (χ1n) is 3.29. The predicted octanol–water partition coefficient (Wildman–Crippen LogP) is 1.73. The van der Waals surface area contributed by atoms with Crippen LogP contribution in [-0.4, -0.2) is 17.0 Å². The van der Waals surface area contributed by atoms with Crippen molar-refractivity contribution in [3.8, 4) is 0 Å². The van der Waals surface area contributed by atoms with Gasteiger partial charge in [0.2, 0.25) is 0 Å². The number of hydrogen-bond donors (Lipinski definition) is 1. The van der Waals surface area contributed by atoms with E-state index in [1.165, 1.54) is 0 Å². The van der Waals surface area contributed by atoms with Crippen LogP contribution in [0.3, 0.4) is 0 Å². The third-order valence-corrected chi connectivity index (χ3v) is 2.41. The maximum absolute atomic E-state index is 4.23. The molecule has 2 heterocycles. The van der Waals surface area contributed by atoms with Gasteiger partial charge < -0.3 is 5.32 Å². The van der Waals surface area contributed by atoms with Gasteiger partial charge in [-0.25, -0.2) is 9.97 Å². The number of nitrogens with zero attached hydrogens (tertiary/aromatic N) is 2. The lowest BCUT2D eigenvalue weighted by Crippen LogP contribution is -1.84. The molecule has 0 spiro atoms. The van der Waals surface area contributed by atoms with E-state index >= 15 is 0 Å². The summed E-state index contributed by atoms with van der Waals surface area (Å²) in [6, 6.07) is 3.93. The Balaban J connectivity index is 2.69. The van der Waals surface area contributed by atoms with Gasteiger partial charge in [0, 0.05) is 13.2 Å². The second-order valence-electron chi connectivity index (χ2n) is 2.09. The predicted molar refractivity (Wildman–Crippen MR) is 47.0 cm³/mol. The molecule has 0 aliphatic carbocycles. The summed E-state index contributed by atoms with van der Waals surface area (Å²) in [5.41, 5.74) is 0.821. The van der Waals surface area contributed by atoms with E-state index in [1.807, 2.05) is 19.2 Å². The molecule has 0 aliphatic heterocycles. The van der Waals surface area contributed by atoms with Crippen molar-refractivity contribution in [2.24, 2.45) is 0 Å². The second kappa shape index (κ2) is 2.47. The Morgan fingerprint density at radius 3 is 3.18 bits per heavy atom. The molecule has 0 unspecified atom stereocenters. The molecule has 0 bridgehead atoms. The monoisotopic (exact) mass is 165 g/mol. The van der Waals surface area contributed by atoms with E-state index in [9.17, 15) is 0 Å². The van der Waals surface area contributed by atoms with E-state index in [4.69, 9.17) is 0 Å². The van der Waals surface area contributed by atoms with Crippen LogP contribution in [0.1, 0.15) is 0 Å². The number of rotatable bonds is 1. The summed E-state index contributed by atoms with van der Waals surface area (Å²) in [6.07, 6.45) is 1.75. The number of pyridine rings is 1. The van der Waals surface area contributed by atoms with Gasteiger partial charge in [-0.3, -0.25) is 0 Å². The minimum absolute atomic E-state index is 0.821. The molecular weight excluding hydrogens is 158 g/mol. The molecule has 0 amide bonds. The average Bonchev–Trinajstić information content (AvgIpc) is 2.46. The van der Waals surface area contributed by atoms with E-state index in [1.54, 1.807) is 17.5 Å². The van der Waals surface area contributed by atoms with Gasteiger partial charge in [-0.05, 0) is 12.1 Å². The van der Waals surface area contributed by atoms with Gasteiger partial charge in [-0.1, -0.05) is 11.3 Å². The van der Waals surface area contributed by atoms with Crippen molar-refractivity contribution >= 4 is 26.8 Å². The minimum atomic E-state index is 0.821. The first-order chi connectivity index (χ1) is 5.40. The van der Waals surface area contributed by atoms with Crippen molar-refractivity contribution in [3.05, 3.63) is 18.3 Å². The van der Waals surface area contributed by atoms with Crippen LogP contribution in [0.15, 0.2) is 18.3 Å². The largest absolute Gasteiger partial charge is 0.365 e. The van der Waals surface area contributed by atoms with Gasteiger partial charge in [0.25, 0.3) is 0 Å². The lowest BCUT2D eigenvalue weighted by molar-refractivity contribution is 1.31. The Bertz CT molecular complexity index is 335. The van der Waals surface area contributed by atoms with Crippen LogP contribution < -0.4 is 5.32 Å². The third-order valence-electron chi connectivity index (χ3n) is 1.38. The Hall–Kier alpha value is -1.16.